The van der Waals surface area contributed by atoms with E-state index in [0.717, 1.165) is 6.23 Å². The number of rotatable bonds is 4. The van der Waals surface area contributed by atoms with Crippen LogP contribution in [0.25, 0.3) is 0 Å². The quantitative estimate of drug-likeness (QED) is 0.510. The Morgan fingerprint density at radius 2 is 2.00 bits per heavy atom. The van der Waals surface area contributed by atoms with Crippen LogP contribution in [0, 0.1) is 0 Å². The van der Waals surface area contributed by atoms with Crippen LogP contribution in [0.1, 0.15) is 0 Å². The second-order valence-corrected chi connectivity index (χ2v) is 4.19. The van der Waals surface area contributed by atoms with E-state index in [1.807, 2.05) is 11.4 Å². The highest BCUT2D eigenvalue weighted by Gasteiger charge is 1.96. The van der Waals surface area contributed by atoms with Crippen LogP contribution < -0.4 is 0 Å². The summed E-state index contributed by atoms with van der Waals surface area (Å²) in [6.45, 7) is 7.32. The Balaban J connectivity index is 3.35. The van der Waals surface area contributed by atoms with Crippen LogP contribution in [0.4, 0.5) is 0 Å². The molecular formula is C6H12OSi. The molecule has 0 rings (SSSR count). The molecule has 0 unspecified atom stereocenters. The summed E-state index contributed by atoms with van der Waals surface area (Å²) < 4.78 is 4.90. The normalized spacial score (nSPS) is 9.25. The molecule has 0 fully saturated rings. The largest absolute Gasteiger partial charge is 0.388 e. The van der Waals surface area contributed by atoms with Gasteiger partial charge in [-0.15, -0.1) is 13.2 Å². The number of hydrogen-bond donors (Lipinski definition) is 0. The zero-order valence-corrected chi connectivity index (χ0v) is 6.42. The molecule has 0 aliphatic carbocycles. The first-order valence-corrected chi connectivity index (χ1v) is 4.74. The predicted molar refractivity (Wildman–Crippen MR) is 39.4 cm³/mol. The first kappa shape index (κ1) is 7.66. The molecule has 0 saturated heterocycles. The van der Waals surface area contributed by atoms with E-state index in [4.69, 9.17) is 4.74 Å². The zero-order valence-electron chi connectivity index (χ0n) is 5.26. The molecule has 0 atom stereocenters. The van der Waals surface area contributed by atoms with Gasteiger partial charge in [-0.25, -0.2) is 0 Å². The van der Waals surface area contributed by atoms with Gasteiger partial charge in [-0.2, -0.15) is 0 Å². The van der Waals surface area contributed by atoms with E-state index in [9.17, 15) is 0 Å². The summed E-state index contributed by atoms with van der Waals surface area (Å²) in [7, 11) is 0.815. The zero-order chi connectivity index (χ0) is 6.41. The lowest BCUT2D eigenvalue weighted by Crippen LogP contribution is -2.13. The molecule has 0 aromatic heterocycles. The van der Waals surface area contributed by atoms with Crippen molar-refractivity contribution in [3.63, 3.8) is 0 Å². The lowest BCUT2D eigenvalue weighted by Gasteiger charge is -1.99. The summed E-state index contributed by atoms with van der Waals surface area (Å²) in [5.74, 6) is 0. The molecule has 8 heavy (non-hydrogen) atoms. The summed E-state index contributed by atoms with van der Waals surface area (Å²) >= 11 is 0. The average Bonchev–Trinajstić information content (AvgIpc) is 1.83. The second kappa shape index (κ2) is 4.81. The van der Waals surface area contributed by atoms with Gasteiger partial charge < -0.3 is 4.74 Å². The van der Waals surface area contributed by atoms with Gasteiger partial charge in [0.25, 0.3) is 0 Å². The molecule has 0 bridgehead atoms. The molecule has 0 aliphatic rings. The predicted octanol–water partition coefficient (Wildman–Crippen LogP) is 0.849. The lowest BCUT2D eigenvalue weighted by molar-refractivity contribution is 0.250. The standard InChI is InChI=1S/C6H12OSi/c1-4-8(5-2)6-7-3/h4-5,8H,1-2,6H2,3H3. The van der Waals surface area contributed by atoms with Crippen LogP contribution in [0.3, 0.4) is 0 Å². The maximum absolute atomic E-state index is 4.90. The first-order chi connectivity index (χ1) is 3.85. The van der Waals surface area contributed by atoms with Gasteiger partial charge in [0.1, 0.15) is 8.80 Å². The molecule has 0 aliphatic heterocycles. The highest BCUT2D eigenvalue weighted by molar-refractivity contribution is 6.69. The van der Waals surface area contributed by atoms with E-state index in [1.54, 1.807) is 7.11 Å². The van der Waals surface area contributed by atoms with Gasteiger partial charge in [0, 0.05) is 13.3 Å². The molecule has 0 amide bonds. The summed E-state index contributed by atoms with van der Waals surface area (Å²) in [4.78, 5) is 0. The average molecular weight is 128 g/mol. The second-order valence-electron chi connectivity index (χ2n) is 1.59. The Kier molecular flexibility index (Phi) is 4.60. The summed E-state index contributed by atoms with van der Waals surface area (Å²) in [5.41, 5.74) is 3.91. The van der Waals surface area contributed by atoms with Crippen molar-refractivity contribution < 1.29 is 4.74 Å². The van der Waals surface area contributed by atoms with E-state index in [1.165, 1.54) is 0 Å². The van der Waals surface area contributed by atoms with Gasteiger partial charge in [0.05, 0.1) is 0 Å². The topological polar surface area (TPSA) is 9.23 Å². The Morgan fingerprint density at radius 3 is 2.12 bits per heavy atom. The van der Waals surface area contributed by atoms with Crippen LogP contribution in [0.15, 0.2) is 24.6 Å². The molecule has 1 nitrogen and oxygen atoms in total. The SMILES string of the molecule is C=C[SiH](C=C)COC. The van der Waals surface area contributed by atoms with Crippen LogP contribution in [0.5, 0.6) is 0 Å². The van der Waals surface area contributed by atoms with Gasteiger partial charge in [-0.1, -0.05) is 11.4 Å². The van der Waals surface area contributed by atoms with Gasteiger partial charge >= 0.3 is 0 Å². The highest BCUT2D eigenvalue weighted by atomic mass is 28.3. The third-order valence-electron chi connectivity index (χ3n) is 0.965. The van der Waals surface area contributed by atoms with Gasteiger partial charge in [0.15, 0.2) is 0 Å². The van der Waals surface area contributed by atoms with E-state index in [-0.39, 0.29) is 0 Å². The van der Waals surface area contributed by atoms with Crippen molar-refractivity contribution in [1.29, 1.82) is 0 Å². The van der Waals surface area contributed by atoms with Crippen LogP contribution >= 0.6 is 0 Å². The van der Waals surface area contributed by atoms with Gasteiger partial charge in [0.2, 0.25) is 0 Å². The van der Waals surface area contributed by atoms with E-state index >= 15 is 0 Å². The van der Waals surface area contributed by atoms with Crippen LogP contribution in [0.2, 0.25) is 0 Å². The number of methoxy groups -OCH3 is 1. The minimum Gasteiger partial charge on any atom is -0.388 e. The van der Waals surface area contributed by atoms with Gasteiger partial charge in [-0.3, -0.25) is 0 Å². The van der Waals surface area contributed by atoms with Crippen molar-refractivity contribution in [2.45, 2.75) is 0 Å². The third kappa shape index (κ3) is 2.77. The minimum absolute atomic E-state index is 0.826. The number of ether oxygens (including phenoxy) is 1. The molecule has 46 valence electrons. The molecule has 0 N–H and O–H groups in total. The molecule has 0 spiro atoms. The monoisotopic (exact) mass is 128 g/mol. The van der Waals surface area contributed by atoms with E-state index in [0.29, 0.717) is 0 Å². The Hall–Kier alpha value is -0.343. The third-order valence-corrected chi connectivity index (χ3v) is 2.89. The summed E-state index contributed by atoms with van der Waals surface area (Å²) in [5, 5.41) is 0. The summed E-state index contributed by atoms with van der Waals surface area (Å²) in [6.07, 6.45) is 0.826. The van der Waals surface area contributed by atoms with Crippen molar-refractivity contribution in [3.05, 3.63) is 24.6 Å². The fourth-order valence-electron chi connectivity index (χ4n) is 0.425. The smallest absolute Gasteiger partial charge is 0.113 e. The lowest BCUT2D eigenvalue weighted by atomic mass is 11.2. The highest BCUT2D eigenvalue weighted by Crippen LogP contribution is 1.83. The van der Waals surface area contributed by atoms with Crippen LogP contribution in [-0.4, -0.2) is 22.1 Å². The molecule has 0 radical (unpaired) electrons. The molecule has 0 aromatic carbocycles. The van der Waals surface area contributed by atoms with Crippen molar-refractivity contribution in [2.24, 2.45) is 0 Å². The fraction of sp³-hybridized carbons (Fsp3) is 0.333. The summed E-state index contributed by atoms with van der Waals surface area (Å²) in [6, 6.07) is 0. The Bertz CT molecular complexity index is 72.6. The first-order valence-electron chi connectivity index (χ1n) is 2.59. The number of hydrogen-bond acceptors (Lipinski definition) is 1. The van der Waals surface area contributed by atoms with E-state index < -0.39 is 8.80 Å². The van der Waals surface area contributed by atoms with Crippen molar-refractivity contribution >= 4 is 8.80 Å². The Morgan fingerprint density at radius 1 is 1.50 bits per heavy atom. The molecule has 0 saturated carbocycles. The van der Waals surface area contributed by atoms with Crippen molar-refractivity contribution in [2.75, 3.05) is 13.3 Å². The van der Waals surface area contributed by atoms with Crippen molar-refractivity contribution in [1.82, 2.24) is 0 Å². The van der Waals surface area contributed by atoms with Gasteiger partial charge in [-0.05, 0) is 0 Å². The van der Waals surface area contributed by atoms with Crippen molar-refractivity contribution in [3.8, 4) is 0 Å². The maximum atomic E-state index is 4.90. The maximum Gasteiger partial charge on any atom is 0.113 e. The minimum atomic E-state index is -0.887. The molecule has 2 heteroatoms. The van der Waals surface area contributed by atoms with E-state index in [2.05, 4.69) is 13.2 Å². The Labute approximate surface area is 52.3 Å². The fourth-order valence-corrected chi connectivity index (χ4v) is 1.27. The van der Waals surface area contributed by atoms with Crippen LogP contribution in [-0.2, 0) is 4.74 Å². The molecule has 0 heterocycles. The molecule has 0 aromatic rings. The molecular weight excluding hydrogens is 116 g/mol.